The highest BCUT2D eigenvalue weighted by atomic mass is 16.5. The van der Waals surface area contributed by atoms with Crippen LogP contribution in [0.3, 0.4) is 0 Å². The first-order valence-corrected chi connectivity index (χ1v) is 7.76. The first-order valence-electron chi connectivity index (χ1n) is 7.76. The summed E-state index contributed by atoms with van der Waals surface area (Å²) in [4.78, 5) is 0. The summed E-state index contributed by atoms with van der Waals surface area (Å²) in [6.45, 7) is 4.86. The van der Waals surface area contributed by atoms with Gasteiger partial charge in [0.1, 0.15) is 0 Å². The van der Waals surface area contributed by atoms with Gasteiger partial charge < -0.3 is 10.1 Å². The molecular formula is C19H23NO. The predicted octanol–water partition coefficient (Wildman–Crippen LogP) is 3.66. The van der Waals surface area contributed by atoms with Gasteiger partial charge in [-0.2, -0.15) is 0 Å². The number of rotatable bonds is 4. The molecule has 0 unspecified atom stereocenters. The summed E-state index contributed by atoms with van der Waals surface area (Å²) < 4.78 is 6.21. The smallest absolute Gasteiger partial charge is 0.0772 e. The summed E-state index contributed by atoms with van der Waals surface area (Å²) in [6.07, 6.45) is 1.39. The third kappa shape index (κ3) is 3.72. The van der Waals surface area contributed by atoms with Gasteiger partial charge >= 0.3 is 0 Å². The van der Waals surface area contributed by atoms with Crippen LogP contribution in [-0.2, 0) is 11.3 Å². The molecule has 0 spiro atoms. The zero-order valence-electron chi connectivity index (χ0n) is 12.6. The van der Waals surface area contributed by atoms with Crippen LogP contribution in [0.4, 0.5) is 0 Å². The Bertz CT molecular complexity index is 567. The lowest BCUT2D eigenvalue weighted by molar-refractivity contribution is 0.0106. The van der Waals surface area contributed by atoms with Gasteiger partial charge in [0.05, 0.1) is 12.7 Å². The van der Waals surface area contributed by atoms with Crippen LogP contribution in [0.1, 0.15) is 29.0 Å². The van der Waals surface area contributed by atoms with Crippen molar-refractivity contribution < 1.29 is 4.74 Å². The number of hydrogen-bond donors (Lipinski definition) is 1. The number of hydrogen-bond acceptors (Lipinski definition) is 2. The standard InChI is InChI=1S/C19H23NO/c1-15-6-5-9-17(12-15)18-10-11-20-13-19(18)21-14-16-7-3-2-4-8-16/h2-9,12,18-20H,10-11,13-14H2,1H3/t18-,19+/m1/s1. The van der Waals surface area contributed by atoms with Gasteiger partial charge in [-0.25, -0.2) is 0 Å². The number of ether oxygens (including phenoxy) is 1. The van der Waals surface area contributed by atoms with Crippen molar-refractivity contribution in [1.29, 1.82) is 0 Å². The second-order valence-corrected chi connectivity index (χ2v) is 5.85. The van der Waals surface area contributed by atoms with Crippen molar-refractivity contribution in [2.24, 2.45) is 0 Å². The summed E-state index contributed by atoms with van der Waals surface area (Å²) >= 11 is 0. The van der Waals surface area contributed by atoms with E-state index in [9.17, 15) is 0 Å². The van der Waals surface area contributed by atoms with E-state index in [4.69, 9.17) is 4.74 Å². The van der Waals surface area contributed by atoms with E-state index in [1.165, 1.54) is 16.7 Å². The molecule has 0 bridgehead atoms. The highest BCUT2D eigenvalue weighted by molar-refractivity contribution is 5.27. The molecule has 2 atom stereocenters. The lowest BCUT2D eigenvalue weighted by atomic mass is 9.87. The Hall–Kier alpha value is -1.64. The van der Waals surface area contributed by atoms with Crippen LogP contribution in [-0.4, -0.2) is 19.2 Å². The molecule has 1 aliphatic heterocycles. The van der Waals surface area contributed by atoms with E-state index in [1.807, 2.05) is 6.07 Å². The van der Waals surface area contributed by atoms with Crippen molar-refractivity contribution in [2.45, 2.75) is 32.0 Å². The van der Waals surface area contributed by atoms with E-state index in [1.54, 1.807) is 0 Å². The summed E-state index contributed by atoms with van der Waals surface area (Å²) in [7, 11) is 0. The highest BCUT2D eigenvalue weighted by Gasteiger charge is 2.27. The Morgan fingerprint density at radius 1 is 1.10 bits per heavy atom. The number of piperidine rings is 1. The summed E-state index contributed by atoms with van der Waals surface area (Å²) in [5.41, 5.74) is 3.98. The van der Waals surface area contributed by atoms with E-state index < -0.39 is 0 Å². The molecule has 2 nitrogen and oxygen atoms in total. The summed E-state index contributed by atoms with van der Waals surface area (Å²) in [6, 6.07) is 19.3. The molecule has 1 saturated heterocycles. The maximum Gasteiger partial charge on any atom is 0.0772 e. The van der Waals surface area contributed by atoms with E-state index in [0.29, 0.717) is 12.5 Å². The number of nitrogens with one attached hydrogen (secondary N) is 1. The SMILES string of the molecule is Cc1cccc([C@H]2CCNC[C@@H]2OCc2ccccc2)c1. The van der Waals surface area contributed by atoms with Gasteiger partial charge in [0.15, 0.2) is 0 Å². The monoisotopic (exact) mass is 281 g/mol. The predicted molar refractivity (Wildman–Crippen MR) is 86.4 cm³/mol. The normalized spacial score (nSPS) is 22.1. The largest absolute Gasteiger partial charge is 0.372 e. The third-order valence-electron chi connectivity index (χ3n) is 4.20. The molecule has 1 N–H and O–H groups in total. The van der Waals surface area contributed by atoms with Crippen LogP contribution in [0.2, 0.25) is 0 Å². The summed E-state index contributed by atoms with van der Waals surface area (Å²) in [5, 5.41) is 3.46. The topological polar surface area (TPSA) is 21.3 Å². The van der Waals surface area contributed by atoms with Crippen LogP contribution >= 0.6 is 0 Å². The fourth-order valence-corrected chi connectivity index (χ4v) is 3.06. The molecule has 2 heteroatoms. The minimum atomic E-state index is 0.251. The van der Waals surface area contributed by atoms with Crippen LogP contribution in [0.5, 0.6) is 0 Å². The van der Waals surface area contributed by atoms with E-state index >= 15 is 0 Å². The second-order valence-electron chi connectivity index (χ2n) is 5.85. The van der Waals surface area contributed by atoms with Gasteiger partial charge in [-0.3, -0.25) is 0 Å². The Morgan fingerprint density at radius 3 is 2.76 bits per heavy atom. The molecular weight excluding hydrogens is 258 g/mol. The van der Waals surface area contributed by atoms with E-state index in [0.717, 1.165) is 19.5 Å². The van der Waals surface area contributed by atoms with Crippen molar-refractivity contribution in [2.75, 3.05) is 13.1 Å². The molecule has 110 valence electrons. The van der Waals surface area contributed by atoms with Crippen molar-refractivity contribution in [3.05, 3.63) is 71.3 Å². The van der Waals surface area contributed by atoms with Gasteiger partial charge in [-0.05, 0) is 31.0 Å². The molecule has 0 aliphatic carbocycles. The molecule has 1 aliphatic rings. The van der Waals surface area contributed by atoms with Crippen LogP contribution < -0.4 is 5.32 Å². The summed E-state index contributed by atoms with van der Waals surface area (Å²) in [5.74, 6) is 0.495. The van der Waals surface area contributed by atoms with Gasteiger partial charge in [0, 0.05) is 12.5 Å². The fourth-order valence-electron chi connectivity index (χ4n) is 3.06. The van der Waals surface area contributed by atoms with E-state index in [-0.39, 0.29) is 6.10 Å². The quantitative estimate of drug-likeness (QED) is 0.923. The van der Waals surface area contributed by atoms with Gasteiger partial charge in [0.2, 0.25) is 0 Å². The lowest BCUT2D eigenvalue weighted by Gasteiger charge is -2.32. The second kappa shape index (κ2) is 6.88. The molecule has 0 aromatic heterocycles. The average Bonchev–Trinajstić information content (AvgIpc) is 2.54. The van der Waals surface area contributed by atoms with Crippen molar-refractivity contribution in [3.8, 4) is 0 Å². The van der Waals surface area contributed by atoms with Crippen molar-refractivity contribution >= 4 is 0 Å². The maximum atomic E-state index is 6.21. The molecule has 21 heavy (non-hydrogen) atoms. The molecule has 0 amide bonds. The number of aryl methyl sites for hydroxylation is 1. The highest BCUT2D eigenvalue weighted by Crippen LogP contribution is 2.28. The van der Waals surface area contributed by atoms with Gasteiger partial charge in [-0.1, -0.05) is 60.2 Å². The van der Waals surface area contributed by atoms with Crippen molar-refractivity contribution in [1.82, 2.24) is 5.32 Å². The van der Waals surface area contributed by atoms with Gasteiger partial charge in [-0.15, -0.1) is 0 Å². The van der Waals surface area contributed by atoms with E-state index in [2.05, 4.69) is 60.8 Å². The molecule has 3 rings (SSSR count). The van der Waals surface area contributed by atoms with Crippen LogP contribution in [0, 0.1) is 6.92 Å². The molecule has 2 aromatic rings. The fraction of sp³-hybridized carbons (Fsp3) is 0.368. The average molecular weight is 281 g/mol. The molecule has 2 aromatic carbocycles. The maximum absolute atomic E-state index is 6.21. The lowest BCUT2D eigenvalue weighted by Crippen LogP contribution is -2.41. The Kier molecular flexibility index (Phi) is 4.69. The minimum absolute atomic E-state index is 0.251. The van der Waals surface area contributed by atoms with Crippen LogP contribution in [0.15, 0.2) is 54.6 Å². The van der Waals surface area contributed by atoms with Crippen LogP contribution in [0.25, 0.3) is 0 Å². The zero-order chi connectivity index (χ0) is 14.5. The first-order chi connectivity index (χ1) is 10.3. The van der Waals surface area contributed by atoms with Crippen molar-refractivity contribution in [3.63, 3.8) is 0 Å². The first kappa shape index (κ1) is 14.3. The molecule has 0 saturated carbocycles. The Labute approximate surface area is 127 Å². The Balaban J connectivity index is 1.70. The zero-order valence-corrected chi connectivity index (χ0v) is 12.6. The molecule has 1 fully saturated rings. The Morgan fingerprint density at radius 2 is 1.95 bits per heavy atom. The number of benzene rings is 2. The minimum Gasteiger partial charge on any atom is -0.372 e. The third-order valence-corrected chi connectivity index (χ3v) is 4.20. The molecule has 1 heterocycles. The van der Waals surface area contributed by atoms with Gasteiger partial charge in [0.25, 0.3) is 0 Å². The molecule has 0 radical (unpaired) electrons.